The van der Waals surface area contributed by atoms with Crippen LogP contribution in [0.4, 0.5) is 0 Å². The second-order valence-corrected chi connectivity index (χ2v) is 11.2. The number of nitrogens with two attached hydrogens (primary N) is 1. The number of ketones is 2. The van der Waals surface area contributed by atoms with Crippen LogP contribution in [0.1, 0.15) is 55.7 Å². The van der Waals surface area contributed by atoms with Gasteiger partial charge < -0.3 is 26.2 Å². The molecule has 5 rings (SSSR count). The molecule has 4 aliphatic rings. The Bertz CT molecular complexity index is 1430. The van der Waals surface area contributed by atoms with E-state index < -0.39 is 58.0 Å². The molecule has 0 saturated heterocycles. The van der Waals surface area contributed by atoms with Crippen molar-refractivity contribution in [2.24, 2.45) is 17.6 Å². The van der Waals surface area contributed by atoms with Crippen LogP contribution in [0.25, 0.3) is 11.3 Å². The number of allylic oxidation sites excluding steroid dienone is 4. The van der Waals surface area contributed by atoms with Gasteiger partial charge in [-0.05, 0) is 74.9 Å². The number of likely N-dealkylation sites (N-methyl/N-ethyl adjacent to an activating group) is 1. The van der Waals surface area contributed by atoms with Crippen LogP contribution in [-0.2, 0) is 20.8 Å². The van der Waals surface area contributed by atoms with Crippen molar-refractivity contribution in [3.8, 4) is 5.75 Å². The van der Waals surface area contributed by atoms with E-state index in [1.54, 1.807) is 14.1 Å². The summed E-state index contributed by atoms with van der Waals surface area (Å²) in [5, 5.41) is 44.9. The van der Waals surface area contributed by atoms with Crippen molar-refractivity contribution in [3.63, 3.8) is 0 Å². The molecule has 6 N–H and O–H groups in total. The Morgan fingerprint density at radius 2 is 1.87 bits per heavy atom. The van der Waals surface area contributed by atoms with E-state index in [-0.39, 0.29) is 29.7 Å². The Hall–Kier alpha value is -3.69. The Kier molecular flexibility index (Phi) is 6.55. The fourth-order valence-corrected chi connectivity index (χ4v) is 6.89. The number of benzene rings is 1. The van der Waals surface area contributed by atoms with Crippen LogP contribution in [0.3, 0.4) is 0 Å². The Labute approximate surface area is 226 Å². The first kappa shape index (κ1) is 26.9. The third-order valence-corrected chi connectivity index (χ3v) is 8.74. The number of nitrogens with zero attached hydrogens (tertiary/aromatic N) is 1. The number of phenols is 1. The molecule has 1 saturated carbocycles. The van der Waals surface area contributed by atoms with Crippen LogP contribution in [-0.4, -0.2) is 68.5 Å². The highest BCUT2D eigenvalue weighted by Gasteiger charge is 2.64. The van der Waals surface area contributed by atoms with Gasteiger partial charge in [-0.15, -0.1) is 0 Å². The summed E-state index contributed by atoms with van der Waals surface area (Å²) in [5.74, 6) is -6.47. The zero-order valence-corrected chi connectivity index (χ0v) is 22.3. The van der Waals surface area contributed by atoms with Gasteiger partial charge in [0.25, 0.3) is 5.91 Å². The third kappa shape index (κ3) is 3.86. The first-order chi connectivity index (χ1) is 18.4. The Morgan fingerprint density at radius 3 is 2.51 bits per heavy atom. The minimum Gasteiger partial charge on any atom is -0.508 e. The van der Waals surface area contributed by atoms with Crippen LogP contribution < -0.4 is 5.73 Å². The topological polar surface area (TPSA) is 161 Å². The van der Waals surface area contributed by atoms with Gasteiger partial charge in [0, 0.05) is 11.5 Å². The van der Waals surface area contributed by atoms with Gasteiger partial charge >= 0.3 is 0 Å². The smallest absolute Gasteiger partial charge is 0.255 e. The summed E-state index contributed by atoms with van der Waals surface area (Å²) in [7, 11) is 3.17. The highest BCUT2D eigenvalue weighted by Crippen LogP contribution is 2.53. The van der Waals surface area contributed by atoms with E-state index in [2.05, 4.69) is 19.1 Å². The lowest BCUT2D eigenvalue weighted by Crippen LogP contribution is -2.65. The normalized spacial score (nSPS) is 28.3. The summed E-state index contributed by atoms with van der Waals surface area (Å²) in [6.45, 7) is 2.14. The van der Waals surface area contributed by atoms with E-state index in [1.807, 2.05) is 6.07 Å². The monoisotopic (exact) mass is 534 g/mol. The SMILES string of the molecule is CCCCC1=CC=C(c2ccc(O)c3c2C[C@H]2C[C@H]4[C@H](N(C)C)C(=O)C(C(N)=O)=C(O)[C@@]4(O)C(=O)C2=C3O)C1. The number of aromatic hydroxyl groups is 1. The Morgan fingerprint density at radius 1 is 1.15 bits per heavy atom. The maximum absolute atomic E-state index is 13.9. The lowest BCUT2D eigenvalue weighted by molar-refractivity contribution is -0.153. The summed E-state index contributed by atoms with van der Waals surface area (Å²) >= 11 is 0. The number of hydrogen-bond acceptors (Lipinski definition) is 8. The van der Waals surface area contributed by atoms with Crippen LogP contribution in [0.5, 0.6) is 5.75 Å². The fraction of sp³-hybridized carbons (Fsp3) is 0.433. The quantitative estimate of drug-likeness (QED) is 0.348. The van der Waals surface area contributed by atoms with Crippen molar-refractivity contribution in [1.82, 2.24) is 4.90 Å². The minimum atomic E-state index is -2.64. The molecule has 206 valence electrons. The van der Waals surface area contributed by atoms with Crippen LogP contribution >= 0.6 is 0 Å². The molecule has 0 bridgehead atoms. The van der Waals surface area contributed by atoms with E-state index >= 15 is 0 Å². The molecule has 0 aromatic heterocycles. The van der Waals surface area contributed by atoms with Gasteiger partial charge in [0.1, 0.15) is 22.8 Å². The molecule has 1 amide bonds. The zero-order valence-electron chi connectivity index (χ0n) is 22.3. The first-order valence-corrected chi connectivity index (χ1v) is 13.3. The van der Waals surface area contributed by atoms with Crippen molar-refractivity contribution in [1.29, 1.82) is 0 Å². The number of Topliss-reactive ketones (excluding diaryl/α,β-unsaturated/α-hetero) is 2. The number of fused-ring (bicyclic) bond motifs is 3. The molecule has 1 aromatic rings. The zero-order chi connectivity index (χ0) is 28.4. The first-order valence-electron chi connectivity index (χ1n) is 13.3. The molecule has 0 unspecified atom stereocenters. The third-order valence-electron chi connectivity index (χ3n) is 8.74. The number of amides is 1. The number of phenolic OH excluding ortho intramolecular Hbond substituents is 1. The van der Waals surface area contributed by atoms with Gasteiger partial charge in [0.15, 0.2) is 11.4 Å². The number of rotatable bonds is 6. The van der Waals surface area contributed by atoms with Crippen molar-refractivity contribution in [2.45, 2.75) is 57.1 Å². The molecular weight excluding hydrogens is 500 g/mol. The summed E-state index contributed by atoms with van der Waals surface area (Å²) in [6, 6.07) is 2.19. The van der Waals surface area contributed by atoms with Crippen LogP contribution in [0.15, 0.2) is 46.8 Å². The van der Waals surface area contributed by atoms with Gasteiger partial charge in [-0.3, -0.25) is 19.3 Å². The molecule has 4 atom stereocenters. The van der Waals surface area contributed by atoms with Gasteiger partial charge in [0.2, 0.25) is 5.78 Å². The number of carbonyl (C=O) groups is 3. The van der Waals surface area contributed by atoms with E-state index in [0.717, 1.165) is 36.8 Å². The van der Waals surface area contributed by atoms with Crippen LogP contribution in [0.2, 0.25) is 0 Å². The van der Waals surface area contributed by atoms with Crippen molar-refractivity contribution in [2.75, 3.05) is 14.1 Å². The number of aliphatic hydroxyl groups is 3. The van der Waals surface area contributed by atoms with Crippen molar-refractivity contribution >= 4 is 28.8 Å². The van der Waals surface area contributed by atoms with Gasteiger partial charge in [-0.1, -0.05) is 37.1 Å². The van der Waals surface area contributed by atoms with Crippen molar-refractivity contribution < 1.29 is 34.8 Å². The predicted molar refractivity (Wildman–Crippen MR) is 144 cm³/mol. The van der Waals surface area contributed by atoms with E-state index in [0.29, 0.717) is 5.56 Å². The molecule has 39 heavy (non-hydrogen) atoms. The highest BCUT2D eigenvalue weighted by atomic mass is 16.3. The second-order valence-electron chi connectivity index (χ2n) is 11.2. The molecule has 1 aromatic carbocycles. The maximum Gasteiger partial charge on any atom is 0.255 e. The second kappa shape index (κ2) is 9.50. The fourth-order valence-electron chi connectivity index (χ4n) is 6.89. The molecular formula is C30H34N2O7. The van der Waals surface area contributed by atoms with Gasteiger partial charge in [0.05, 0.1) is 11.6 Å². The standard InChI is InChI=1S/C30H34N2O7/c1-4-5-6-14-7-8-15(11-14)17-9-10-20(33)22-18(17)12-16-13-19-24(32(2)3)26(35)23(29(31)38)28(37)30(19,39)27(36)21(16)25(22)34/h7-10,16,19,24,33-34,37,39H,4-6,11-13H2,1-3H3,(H2,31,38)/t16-,19-,24-,30-/m0/s1. The number of hydrogen-bond donors (Lipinski definition) is 5. The number of unbranched alkanes of at least 4 members (excludes halogenated alkanes) is 1. The minimum absolute atomic E-state index is 0.0694. The number of aliphatic hydroxyl groups excluding tert-OH is 2. The maximum atomic E-state index is 13.9. The molecule has 9 heteroatoms. The summed E-state index contributed by atoms with van der Waals surface area (Å²) in [5.41, 5.74) is 5.81. The molecule has 1 fully saturated rings. The summed E-state index contributed by atoms with van der Waals surface area (Å²) in [6.07, 6.45) is 8.44. The largest absolute Gasteiger partial charge is 0.508 e. The molecule has 0 radical (unpaired) electrons. The highest BCUT2D eigenvalue weighted by molar-refractivity contribution is 6.24. The molecule has 4 aliphatic carbocycles. The Balaban J connectivity index is 1.63. The summed E-state index contributed by atoms with van der Waals surface area (Å²) < 4.78 is 0. The average Bonchev–Trinajstić information content (AvgIpc) is 3.33. The molecule has 0 aliphatic heterocycles. The van der Waals surface area contributed by atoms with Gasteiger partial charge in [-0.25, -0.2) is 0 Å². The number of carbonyl (C=O) groups excluding carboxylic acids is 3. The van der Waals surface area contributed by atoms with Crippen LogP contribution in [0, 0.1) is 11.8 Å². The lowest BCUT2D eigenvalue weighted by Gasteiger charge is -2.50. The summed E-state index contributed by atoms with van der Waals surface area (Å²) in [4.78, 5) is 40.8. The average molecular weight is 535 g/mol. The molecule has 0 spiro atoms. The lowest BCUT2D eigenvalue weighted by atomic mass is 9.57. The number of primary amides is 1. The van der Waals surface area contributed by atoms with E-state index in [9.17, 15) is 34.8 Å². The van der Waals surface area contributed by atoms with Gasteiger partial charge in [-0.2, -0.15) is 0 Å². The molecule has 0 heterocycles. The van der Waals surface area contributed by atoms with Crippen molar-refractivity contribution in [3.05, 3.63) is 63.5 Å². The predicted octanol–water partition coefficient (Wildman–Crippen LogP) is 2.87. The van der Waals surface area contributed by atoms with E-state index in [1.165, 1.54) is 16.5 Å². The molecule has 9 nitrogen and oxygen atoms in total. The van der Waals surface area contributed by atoms with E-state index in [4.69, 9.17) is 5.73 Å².